The predicted octanol–water partition coefficient (Wildman–Crippen LogP) is 0.453. The molecule has 0 spiro atoms. The van der Waals surface area contributed by atoms with Crippen molar-refractivity contribution in [1.29, 1.82) is 0 Å². The molecule has 18 heavy (non-hydrogen) atoms. The van der Waals surface area contributed by atoms with Crippen molar-refractivity contribution in [3.63, 3.8) is 0 Å². The topological polar surface area (TPSA) is 91.6 Å². The van der Waals surface area contributed by atoms with Gasteiger partial charge in [-0.25, -0.2) is 9.36 Å². The molecule has 0 saturated carbocycles. The van der Waals surface area contributed by atoms with E-state index in [1.807, 2.05) is 6.92 Å². The molecule has 2 aromatic rings. The molecule has 0 bridgehead atoms. The van der Waals surface area contributed by atoms with Crippen LogP contribution in [0.1, 0.15) is 12.7 Å². The van der Waals surface area contributed by atoms with Gasteiger partial charge >= 0.3 is 0 Å². The van der Waals surface area contributed by atoms with E-state index in [1.165, 1.54) is 17.9 Å². The summed E-state index contributed by atoms with van der Waals surface area (Å²) in [6.07, 6.45) is 2.17. The molecule has 7 nitrogen and oxygen atoms in total. The van der Waals surface area contributed by atoms with Gasteiger partial charge in [-0.3, -0.25) is 4.79 Å². The van der Waals surface area contributed by atoms with Crippen LogP contribution >= 0.6 is 23.4 Å². The molecule has 0 atom stereocenters. The van der Waals surface area contributed by atoms with Gasteiger partial charge in [0.05, 0.1) is 11.1 Å². The molecular weight excluding hydrogens is 276 g/mol. The molecule has 9 heteroatoms. The molecular formula is C9H11ClN6OS. The molecule has 96 valence electrons. The Morgan fingerprint density at radius 3 is 2.83 bits per heavy atom. The van der Waals surface area contributed by atoms with Gasteiger partial charge in [0.25, 0.3) is 5.56 Å². The second-order valence-corrected chi connectivity index (χ2v) is 4.86. The zero-order valence-electron chi connectivity index (χ0n) is 9.79. The van der Waals surface area contributed by atoms with Crippen LogP contribution in [-0.4, -0.2) is 24.7 Å². The zero-order valence-corrected chi connectivity index (χ0v) is 11.4. The maximum atomic E-state index is 11.6. The highest BCUT2D eigenvalue weighted by Crippen LogP contribution is 2.28. The van der Waals surface area contributed by atoms with Crippen molar-refractivity contribution in [2.45, 2.75) is 23.4 Å². The van der Waals surface area contributed by atoms with E-state index >= 15 is 0 Å². The second-order valence-electron chi connectivity index (χ2n) is 3.48. The smallest absolute Gasteiger partial charge is 0.286 e. The second kappa shape index (κ2) is 4.99. The Morgan fingerprint density at radius 2 is 2.22 bits per heavy atom. The summed E-state index contributed by atoms with van der Waals surface area (Å²) in [5, 5.41) is 12.3. The lowest BCUT2D eigenvalue weighted by atomic mass is 10.5. The number of halogens is 1. The summed E-state index contributed by atoms with van der Waals surface area (Å²) in [4.78, 5) is 12.1. The van der Waals surface area contributed by atoms with Crippen molar-refractivity contribution in [3.8, 4) is 0 Å². The van der Waals surface area contributed by atoms with Gasteiger partial charge in [0.15, 0.2) is 5.82 Å². The highest BCUT2D eigenvalue weighted by molar-refractivity contribution is 7.99. The third-order valence-corrected chi connectivity index (χ3v) is 3.77. The molecule has 2 N–H and O–H groups in total. The van der Waals surface area contributed by atoms with Crippen LogP contribution < -0.4 is 11.4 Å². The summed E-state index contributed by atoms with van der Waals surface area (Å²) in [5.74, 6) is 6.46. The van der Waals surface area contributed by atoms with Gasteiger partial charge in [-0.05, 0) is 11.8 Å². The molecule has 0 aliphatic heterocycles. The molecule has 2 rings (SSSR count). The number of rotatable bonds is 3. The highest BCUT2D eigenvalue weighted by Gasteiger charge is 2.14. The summed E-state index contributed by atoms with van der Waals surface area (Å²) < 4.78 is 2.54. The van der Waals surface area contributed by atoms with Gasteiger partial charge in [-0.15, -0.1) is 10.2 Å². The number of nitrogens with zero attached hydrogens (tertiary/aromatic N) is 5. The Labute approximate surface area is 112 Å². The molecule has 2 heterocycles. The van der Waals surface area contributed by atoms with Gasteiger partial charge in [0.1, 0.15) is 5.02 Å². The van der Waals surface area contributed by atoms with Crippen LogP contribution in [0.5, 0.6) is 0 Å². The van der Waals surface area contributed by atoms with Gasteiger partial charge < -0.3 is 5.84 Å². The van der Waals surface area contributed by atoms with Crippen LogP contribution in [0.2, 0.25) is 5.02 Å². The number of hydrogen-bond donors (Lipinski definition) is 1. The Hall–Kier alpha value is -1.54. The number of hydrogen-bond acceptors (Lipinski definition) is 6. The van der Waals surface area contributed by atoms with Gasteiger partial charge in [-0.1, -0.05) is 18.5 Å². The molecule has 0 aliphatic rings. The minimum Gasteiger partial charge on any atom is -0.336 e. The predicted molar refractivity (Wildman–Crippen MR) is 68.2 cm³/mol. The Bertz CT molecular complexity index is 636. The van der Waals surface area contributed by atoms with Crippen LogP contribution in [0, 0.1) is 0 Å². The van der Waals surface area contributed by atoms with Crippen molar-refractivity contribution < 1.29 is 0 Å². The third-order valence-electron chi connectivity index (χ3n) is 2.30. The molecule has 0 aromatic carbocycles. The maximum absolute atomic E-state index is 11.6. The van der Waals surface area contributed by atoms with Crippen molar-refractivity contribution in [2.75, 3.05) is 5.84 Å². The minimum absolute atomic E-state index is 0.0959. The standard InChI is InChI=1S/C9H11ClN6OS/c1-3-6-13-14-9(16(6)11)18-5-4-12-15(2)8(17)7(5)10/h4H,3,11H2,1-2H3. The lowest BCUT2D eigenvalue weighted by Crippen LogP contribution is -2.20. The minimum atomic E-state index is -0.361. The van der Waals surface area contributed by atoms with Crippen molar-refractivity contribution >= 4 is 23.4 Å². The van der Waals surface area contributed by atoms with E-state index in [2.05, 4.69) is 15.3 Å². The Kier molecular flexibility index (Phi) is 3.58. The molecule has 0 amide bonds. The van der Waals surface area contributed by atoms with Crippen molar-refractivity contribution in [2.24, 2.45) is 7.05 Å². The Balaban J connectivity index is 2.37. The highest BCUT2D eigenvalue weighted by atomic mass is 35.5. The number of nitrogens with two attached hydrogens (primary N) is 1. The summed E-state index contributed by atoms with van der Waals surface area (Å²) >= 11 is 7.11. The van der Waals surface area contributed by atoms with E-state index in [9.17, 15) is 4.79 Å². The summed E-state index contributed by atoms with van der Waals surface area (Å²) in [7, 11) is 1.53. The maximum Gasteiger partial charge on any atom is 0.286 e. The van der Waals surface area contributed by atoms with Crippen LogP contribution in [-0.2, 0) is 13.5 Å². The summed E-state index contributed by atoms with van der Waals surface area (Å²) in [6, 6.07) is 0. The first-order valence-electron chi connectivity index (χ1n) is 5.13. The van der Waals surface area contributed by atoms with Gasteiger partial charge in [0, 0.05) is 13.5 Å². The van der Waals surface area contributed by atoms with Gasteiger partial charge in [0.2, 0.25) is 5.16 Å². The molecule has 0 unspecified atom stereocenters. The average Bonchev–Trinajstić information content (AvgIpc) is 2.71. The van der Waals surface area contributed by atoms with Crippen molar-refractivity contribution in [3.05, 3.63) is 27.4 Å². The van der Waals surface area contributed by atoms with Crippen LogP contribution in [0.25, 0.3) is 0 Å². The Morgan fingerprint density at radius 1 is 1.50 bits per heavy atom. The number of nitrogen functional groups attached to an aromatic ring is 1. The van der Waals surface area contributed by atoms with Crippen LogP contribution in [0.15, 0.2) is 21.0 Å². The SMILES string of the molecule is CCc1nnc(Sc2cnn(C)c(=O)c2Cl)n1N. The normalized spacial score (nSPS) is 10.8. The third kappa shape index (κ3) is 2.21. The zero-order chi connectivity index (χ0) is 13.3. The molecule has 2 aromatic heterocycles. The van der Waals surface area contributed by atoms with E-state index in [0.717, 1.165) is 16.4 Å². The van der Waals surface area contributed by atoms with Crippen LogP contribution in [0.4, 0.5) is 0 Å². The van der Waals surface area contributed by atoms with Crippen LogP contribution in [0.3, 0.4) is 0 Å². The average molecular weight is 287 g/mol. The fourth-order valence-corrected chi connectivity index (χ4v) is 2.33. The van der Waals surface area contributed by atoms with Crippen molar-refractivity contribution in [1.82, 2.24) is 24.7 Å². The summed E-state index contributed by atoms with van der Waals surface area (Å²) in [6.45, 7) is 1.93. The first-order valence-corrected chi connectivity index (χ1v) is 6.33. The number of aryl methyl sites for hydroxylation is 2. The monoisotopic (exact) mass is 286 g/mol. The van der Waals surface area contributed by atoms with Gasteiger partial charge in [-0.2, -0.15) is 5.10 Å². The lowest BCUT2D eigenvalue weighted by molar-refractivity contribution is 0.696. The summed E-state index contributed by atoms with van der Waals surface area (Å²) in [5.41, 5.74) is -0.361. The van der Waals surface area contributed by atoms with E-state index in [0.29, 0.717) is 22.3 Å². The molecule has 0 saturated heterocycles. The molecule has 0 aliphatic carbocycles. The fourth-order valence-electron chi connectivity index (χ4n) is 1.28. The lowest BCUT2D eigenvalue weighted by Gasteiger charge is -2.04. The first-order chi connectivity index (χ1) is 8.54. The van der Waals surface area contributed by atoms with E-state index in [-0.39, 0.29) is 10.6 Å². The molecule has 0 fully saturated rings. The first kappa shape index (κ1) is 12.9. The molecule has 0 radical (unpaired) electrons. The van der Waals surface area contributed by atoms with E-state index in [1.54, 1.807) is 0 Å². The fraction of sp³-hybridized carbons (Fsp3) is 0.333. The number of aromatic nitrogens is 5. The van der Waals surface area contributed by atoms with E-state index < -0.39 is 0 Å². The van der Waals surface area contributed by atoms with E-state index in [4.69, 9.17) is 17.4 Å². The quantitative estimate of drug-likeness (QED) is 0.824. The largest absolute Gasteiger partial charge is 0.336 e.